The Labute approximate surface area is 80.5 Å². The van der Waals surface area contributed by atoms with Gasteiger partial charge in [0.2, 0.25) is 0 Å². The van der Waals surface area contributed by atoms with Gasteiger partial charge in [0.05, 0.1) is 0 Å². The zero-order chi connectivity index (χ0) is 8.27. The third kappa shape index (κ3) is 2.80. The predicted octanol–water partition coefficient (Wildman–Crippen LogP) is 3.44. The zero-order valence-electron chi connectivity index (χ0n) is 7.81. The first kappa shape index (κ1) is 9.62. The minimum absolute atomic E-state index is 0.349. The molecule has 0 nitrogen and oxygen atoms in total. The zero-order valence-corrected chi connectivity index (χ0v) is 10.1. The molecule has 0 fully saturated rings. The van der Waals surface area contributed by atoms with Crippen LogP contribution in [0.4, 0.5) is 0 Å². The molecule has 1 heteroatoms. The molecule has 1 rings (SSSR count). The van der Waals surface area contributed by atoms with Crippen LogP contribution in [0.25, 0.3) is 0 Å². The van der Waals surface area contributed by atoms with Gasteiger partial charge in [0.25, 0.3) is 0 Å². The third-order valence-electron chi connectivity index (χ3n) is 2.41. The fourth-order valence-corrected chi connectivity index (χ4v) is 5.74. The van der Waals surface area contributed by atoms with Crippen LogP contribution in [0.5, 0.6) is 0 Å². The summed E-state index contributed by atoms with van der Waals surface area (Å²) < 4.78 is 2.62. The van der Waals surface area contributed by atoms with Gasteiger partial charge in [-0.2, -0.15) is 0 Å². The standard InChI is InChI=1S/C10H18Te/c1-4-5-10-6-8(2)9(3)7-11-10/h10H,4-7H2,1-3H3. The molecule has 64 valence electrons. The Hall–Kier alpha value is 0.530. The van der Waals surface area contributed by atoms with Crippen molar-refractivity contribution in [2.24, 2.45) is 0 Å². The number of allylic oxidation sites excluding steroid dienone is 2. The van der Waals surface area contributed by atoms with E-state index in [1.807, 2.05) is 0 Å². The summed E-state index contributed by atoms with van der Waals surface area (Å²) in [6.45, 7) is 6.96. The van der Waals surface area contributed by atoms with Crippen LogP contribution in [-0.2, 0) is 0 Å². The van der Waals surface area contributed by atoms with Crippen molar-refractivity contribution in [3.05, 3.63) is 11.1 Å². The summed E-state index contributed by atoms with van der Waals surface area (Å²) in [5.74, 6) is 0. The van der Waals surface area contributed by atoms with Crippen LogP contribution in [0.1, 0.15) is 40.0 Å². The summed E-state index contributed by atoms with van der Waals surface area (Å²) in [4.78, 5) is 0. The van der Waals surface area contributed by atoms with E-state index in [0.29, 0.717) is 20.9 Å². The molecule has 1 aliphatic rings. The number of hydrogen-bond acceptors (Lipinski definition) is 0. The van der Waals surface area contributed by atoms with Gasteiger partial charge < -0.3 is 0 Å². The van der Waals surface area contributed by atoms with Gasteiger partial charge in [-0.3, -0.25) is 0 Å². The monoisotopic (exact) mass is 268 g/mol. The molecule has 0 amide bonds. The maximum absolute atomic E-state index is 2.32. The van der Waals surface area contributed by atoms with E-state index in [2.05, 4.69) is 20.8 Å². The van der Waals surface area contributed by atoms with Crippen LogP contribution in [0.3, 0.4) is 0 Å². The Kier molecular flexibility index (Phi) is 3.96. The van der Waals surface area contributed by atoms with Crippen molar-refractivity contribution in [2.45, 2.75) is 48.5 Å². The topological polar surface area (TPSA) is 0 Å². The van der Waals surface area contributed by atoms with E-state index in [1.165, 1.54) is 23.7 Å². The van der Waals surface area contributed by atoms with E-state index in [9.17, 15) is 0 Å². The molecule has 0 aromatic heterocycles. The number of hydrogen-bond donors (Lipinski definition) is 0. The normalized spacial score (nSPS) is 25.9. The minimum atomic E-state index is 0.349. The molecule has 1 heterocycles. The van der Waals surface area contributed by atoms with E-state index < -0.39 is 0 Å². The summed E-state index contributed by atoms with van der Waals surface area (Å²) in [5.41, 5.74) is 3.40. The first-order valence-electron chi connectivity index (χ1n) is 4.51. The van der Waals surface area contributed by atoms with Gasteiger partial charge in [-0.05, 0) is 0 Å². The first-order chi connectivity index (χ1) is 5.24. The molecule has 0 saturated heterocycles. The second-order valence-corrected chi connectivity index (χ2v) is 7.16. The quantitative estimate of drug-likeness (QED) is 0.530. The Morgan fingerprint density at radius 2 is 2.09 bits per heavy atom. The molecule has 1 unspecified atom stereocenters. The van der Waals surface area contributed by atoms with Crippen molar-refractivity contribution in [1.29, 1.82) is 0 Å². The van der Waals surface area contributed by atoms with E-state index >= 15 is 0 Å². The van der Waals surface area contributed by atoms with E-state index in [0.717, 1.165) is 3.97 Å². The molecule has 1 atom stereocenters. The first-order valence-corrected chi connectivity index (χ1v) is 7.50. The third-order valence-corrected chi connectivity index (χ3v) is 6.61. The Bertz CT molecular complexity index is 158. The summed E-state index contributed by atoms with van der Waals surface area (Å²) in [7, 11) is 0. The SMILES string of the molecule is CCCC1CC(C)=C(C)C[Te]1. The van der Waals surface area contributed by atoms with Gasteiger partial charge in [0.1, 0.15) is 0 Å². The van der Waals surface area contributed by atoms with Crippen molar-refractivity contribution in [3.63, 3.8) is 0 Å². The average molecular weight is 266 g/mol. The molecule has 0 aliphatic carbocycles. The molecule has 0 aromatic rings. The average Bonchev–Trinajstić information content (AvgIpc) is 1.98. The van der Waals surface area contributed by atoms with Crippen molar-refractivity contribution in [2.75, 3.05) is 0 Å². The number of rotatable bonds is 2. The molecule has 0 spiro atoms. The van der Waals surface area contributed by atoms with Gasteiger partial charge in [0, 0.05) is 0 Å². The summed E-state index contributed by atoms with van der Waals surface area (Å²) in [6.07, 6.45) is 4.32. The molecule has 0 aromatic carbocycles. The van der Waals surface area contributed by atoms with Crippen LogP contribution in [0.2, 0.25) is 8.43 Å². The fourth-order valence-electron chi connectivity index (χ4n) is 1.45. The summed E-state index contributed by atoms with van der Waals surface area (Å²) >= 11 is 0.349. The molecule has 1 aliphatic heterocycles. The van der Waals surface area contributed by atoms with Crippen LogP contribution < -0.4 is 0 Å². The van der Waals surface area contributed by atoms with E-state index in [1.54, 1.807) is 11.1 Å². The maximum atomic E-state index is 2.32. The van der Waals surface area contributed by atoms with Crippen molar-refractivity contribution < 1.29 is 0 Å². The molecule has 0 radical (unpaired) electrons. The second kappa shape index (κ2) is 4.53. The predicted molar refractivity (Wildman–Crippen MR) is 52.2 cm³/mol. The van der Waals surface area contributed by atoms with Crippen LogP contribution in [-0.4, -0.2) is 20.9 Å². The van der Waals surface area contributed by atoms with Gasteiger partial charge in [-0.15, -0.1) is 0 Å². The van der Waals surface area contributed by atoms with Gasteiger partial charge >= 0.3 is 80.5 Å². The summed E-state index contributed by atoms with van der Waals surface area (Å²) in [5, 5.41) is 0. The van der Waals surface area contributed by atoms with Crippen molar-refractivity contribution in [1.82, 2.24) is 0 Å². The van der Waals surface area contributed by atoms with E-state index in [4.69, 9.17) is 0 Å². The Morgan fingerprint density at radius 3 is 2.64 bits per heavy atom. The van der Waals surface area contributed by atoms with E-state index in [-0.39, 0.29) is 0 Å². The molecule has 11 heavy (non-hydrogen) atoms. The van der Waals surface area contributed by atoms with Crippen LogP contribution in [0.15, 0.2) is 11.1 Å². The second-order valence-electron chi connectivity index (χ2n) is 3.49. The molecule has 0 saturated carbocycles. The molecular weight excluding hydrogens is 248 g/mol. The summed E-state index contributed by atoms with van der Waals surface area (Å²) in [6, 6.07) is 0. The van der Waals surface area contributed by atoms with Gasteiger partial charge in [-0.25, -0.2) is 0 Å². The molecular formula is C10H18Te. The fraction of sp³-hybridized carbons (Fsp3) is 0.800. The van der Waals surface area contributed by atoms with Gasteiger partial charge in [0.15, 0.2) is 0 Å². The molecule has 0 bridgehead atoms. The molecule has 0 N–H and O–H groups in total. The Morgan fingerprint density at radius 1 is 1.36 bits per heavy atom. The van der Waals surface area contributed by atoms with Crippen molar-refractivity contribution >= 4 is 20.9 Å². The van der Waals surface area contributed by atoms with Gasteiger partial charge in [-0.1, -0.05) is 0 Å². The van der Waals surface area contributed by atoms with Crippen LogP contribution >= 0.6 is 0 Å². The van der Waals surface area contributed by atoms with Crippen LogP contribution in [0, 0.1) is 0 Å². The van der Waals surface area contributed by atoms with Crippen molar-refractivity contribution in [3.8, 4) is 0 Å². The Balaban J connectivity index is 2.44.